The molecule has 1 aromatic rings. The Labute approximate surface area is 123 Å². The summed E-state index contributed by atoms with van der Waals surface area (Å²) in [5, 5.41) is 2.58. The van der Waals surface area contributed by atoms with Crippen LogP contribution < -0.4 is 10.1 Å². The minimum atomic E-state index is -0.531. The van der Waals surface area contributed by atoms with Gasteiger partial charge in [0.25, 0.3) is 0 Å². The average molecular weight is 294 g/mol. The molecule has 0 saturated carbocycles. The third-order valence-corrected chi connectivity index (χ3v) is 2.15. The summed E-state index contributed by atoms with van der Waals surface area (Å²) < 4.78 is 23.1. The number of carbonyl (C=O) groups is 1. The molecule has 0 aromatic carbocycles. The molecule has 1 aromatic heterocycles. The van der Waals surface area contributed by atoms with Gasteiger partial charge in [-0.25, -0.2) is 14.2 Å². The van der Waals surface area contributed by atoms with Crippen LogP contribution in [0.5, 0.6) is 5.88 Å². The van der Waals surface area contributed by atoms with Crippen molar-refractivity contribution in [2.45, 2.75) is 32.8 Å². The molecule has 0 aliphatic carbocycles. The highest BCUT2D eigenvalue weighted by molar-refractivity contribution is 5.67. The molecule has 0 aliphatic rings. The van der Waals surface area contributed by atoms with Crippen molar-refractivity contribution in [1.29, 1.82) is 0 Å². The first kappa shape index (κ1) is 16.8. The summed E-state index contributed by atoms with van der Waals surface area (Å²) in [5.74, 6) is 5.36. The minimum Gasteiger partial charge on any atom is -0.480 e. The van der Waals surface area contributed by atoms with Crippen molar-refractivity contribution in [3.63, 3.8) is 0 Å². The van der Waals surface area contributed by atoms with Gasteiger partial charge in [0.15, 0.2) is 0 Å². The number of amides is 1. The third-order valence-electron chi connectivity index (χ3n) is 2.15. The number of hydrogen-bond donors (Lipinski definition) is 1. The number of halogens is 1. The van der Waals surface area contributed by atoms with E-state index in [2.05, 4.69) is 22.1 Å². The number of alkyl carbamates (subject to hydrolysis) is 1. The molecule has 0 unspecified atom stereocenters. The first-order valence-corrected chi connectivity index (χ1v) is 6.47. The topological polar surface area (TPSA) is 60.5 Å². The normalized spacial score (nSPS) is 10.3. The molecule has 0 spiro atoms. The maximum Gasteiger partial charge on any atom is 0.407 e. The molecule has 0 radical (unpaired) electrons. The van der Waals surface area contributed by atoms with Gasteiger partial charge < -0.3 is 14.8 Å². The number of pyridine rings is 1. The van der Waals surface area contributed by atoms with E-state index in [1.807, 2.05) is 0 Å². The zero-order valence-corrected chi connectivity index (χ0v) is 12.6. The quantitative estimate of drug-likeness (QED) is 0.687. The molecule has 0 fully saturated rings. The van der Waals surface area contributed by atoms with Gasteiger partial charge in [0.2, 0.25) is 5.88 Å². The fourth-order valence-electron chi connectivity index (χ4n) is 1.38. The molecule has 1 N–H and O–H groups in total. The summed E-state index contributed by atoms with van der Waals surface area (Å²) >= 11 is 0. The van der Waals surface area contributed by atoms with E-state index < -0.39 is 17.5 Å². The van der Waals surface area contributed by atoms with Crippen LogP contribution in [0.15, 0.2) is 12.3 Å². The number of carbonyl (C=O) groups excluding carboxylic acids is 1. The van der Waals surface area contributed by atoms with Gasteiger partial charge in [0.1, 0.15) is 11.4 Å². The Morgan fingerprint density at radius 1 is 1.48 bits per heavy atom. The highest BCUT2D eigenvalue weighted by Crippen LogP contribution is 2.13. The van der Waals surface area contributed by atoms with Gasteiger partial charge in [0.05, 0.1) is 18.9 Å². The number of hydrogen-bond acceptors (Lipinski definition) is 4. The number of nitrogens with one attached hydrogen (secondary N) is 1. The Balaban J connectivity index is 2.47. The minimum absolute atomic E-state index is 0.268. The first-order valence-electron chi connectivity index (χ1n) is 6.47. The second-order valence-corrected chi connectivity index (χ2v) is 5.19. The maximum atomic E-state index is 13.1. The SMILES string of the molecule is COc1ncc(F)cc1C#CCCNC(=O)OC(C)(C)C. The number of methoxy groups -OCH3 is 1. The van der Waals surface area contributed by atoms with Gasteiger partial charge in [-0.2, -0.15) is 0 Å². The van der Waals surface area contributed by atoms with Crippen molar-refractivity contribution in [3.8, 4) is 17.7 Å². The van der Waals surface area contributed by atoms with E-state index in [0.29, 0.717) is 18.5 Å². The number of nitrogens with zero attached hydrogens (tertiary/aromatic N) is 1. The van der Waals surface area contributed by atoms with Crippen molar-refractivity contribution in [1.82, 2.24) is 10.3 Å². The first-order chi connectivity index (χ1) is 9.81. The van der Waals surface area contributed by atoms with Crippen LogP contribution in [0.4, 0.5) is 9.18 Å². The van der Waals surface area contributed by atoms with Crippen LogP contribution in [0.1, 0.15) is 32.8 Å². The van der Waals surface area contributed by atoms with E-state index in [-0.39, 0.29) is 5.88 Å². The Morgan fingerprint density at radius 2 is 2.19 bits per heavy atom. The lowest BCUT2D eigenvalue weighted by atomic mass is 10.2. The second-order valence-electron chi connectivity index (χ2n) is 5.19. The molecule has 21 heavy (non-hydrogen) atoms. The summed E-state index contributed by atoms with van der Waals surface area (Å²) in [6.45, 7) is 5.70. The highest BCUT2D eigenvalue weighted by Gasteiger charge is 2.15. The van der Waals surface area contributed by atoms with E-state index in [0.717, 1.165) is 6.20 Å². The molecule has 1 heterocycles. The fraction of sp³-hybridized carbons (Fsp3) is 0.467. The standard InChI is InChI=1S/C15H19FN2O3/c1-15(2,3)21-14(19)17-8-6-5-7-11-9-12(16)10-18-13(11)20-4/h9-10H,6,8H2,1-4H3,(H,17,19). The lowest BCUT2D eigenvalue weighted by molar-refractivity contribution is 0.0529. The van der Waals surface area contributed by atoms with Gasteiger partial charge in [0, 0.05) is 13.0 Å². The summed E-state index contributed by atoms with van der Waals surface area (Å²) in [7, 11) is 1.44. The van der Waals surface area contributed by atoms with Crippen molar-refractivity contribution in [3.05, 3.63) is 23.6 Å². The van der Waals surface area contributed by atoms with E-state index in [9.17, 15) is 9.18 Å². The Morgan fingerprint density at radius 3 is 2.81 bits per heavy atom. The Hall–Kier alpha value is -2.29. The average Bonchev–Trinajstić information content (AvgIpc) is 2.36. The molecular weight excluding hydrogens is 275 g/mol. The van der Waals surface area contributed by atoms with Crippen LogP contribution >= 0.6 is 0 Å². The van der Waals surface area contributed by atoms with Crippen LogP contribution in [0, 0.1) is 17.7 Å². The summed E-state index contributed by atoms with van der Waals surface area (Å²) in [6.07, 6.45) is 0.974. The van der Waals surface area contributed by atoms with Gasteiger partial charge >= 0.3 is 6.09 Å². The van der Waals surface area contributed by atoms with E-state index in [4.69, 9.17) is 9.47 Å². The van der Waals surface area contributed by atoms with Gasteiger partial charge in [-0.1, -0.05) is 11.8 Å². The maximum absolute atomic E-state index is 13.1. The molecule has 1 amide bonds. The van der Waals surface area contributed by atoms with Gasteiger partial charge in [-0.05, 0) is 26.8 Å². The molecule has 5 nitrogen and oxygen atoms in total. The molecule has 0 saturated heterocycles. The Kier molecular flexibility index (Phi) is 5.97. The molecule has 6 heteroatoms. The molecule has 0 atom stereocenters. The predicted octanol–water partition coefficient (Wildman–Crippen LogP) is 2.50. The smallest absolute Gasteiger partial charge is 0.407 e. The van der Waals surface area contributed by atoms with E-state index in [1.54, 1.807) is 20.8 Å². The number of ether oxygens (including phenoxy) is 2. The second kappa shape index (κ2) is 7.48. The van der Waals surface area contributed by atoms with Crippen LogP contribution in [-0.2, 0) is 4.74 Å². The largest absolute Gasteiger partial charge is 0.480 e. The molecular formula is C15H19FN2O3. The highest BCUT2D eigenvalue weighted by atomic mass is 19.1. The van der Waals surface area contributed by atoms with Crippen molar-refractivity contribution < 1.29 is 18.7 Å². The van der Waals surface area contributed by atoms with Crippen molar-refractivity contribution >= 4 is 6.09 Å². The molecule has 1 rings (SSSR count). The lowest BCUT2D eigenvalue weighted by Crippen LogP contribution is -2.32. The third kappa shape index (κ3) is 6.61. The van der Waals surface area contributed by atoms with Crippen LogP contribution in [0.2, 0.25) is 0 Å². The predicted molar refractivity (Wildman–Crippen MR) is 76.5 cm³/mol. The van der Waals surface area contributed by atoms with Crippen LogP contribution in [0.3, 0.4) is 0 Å². The van der Waals surface area contributed by atoms with E-state index >= 15 is 0 Å². The van der Waals surface area contributed by atoms with Gasteiger partial charge in [-0.3, -0.25) is 0 Å². The summed E-state index contributed by atoms with van der Waals surface area (Å²) in [6, 6.07) is 1.25. The zero-order valence-electron chi connectivity index (χ0n) is 12.6. The number of aromatic nitrogens is 1. The number of rotatable bonds is 3. The molecule has 114 valence electrons. The van der Waals surface area contributed by atoms with Crippen molar-refractivity contribution in [2.24, 2.45) is 0 Å². The van der Waals surface area contributed by atoms with Crippen LogP contribution in [-0.4, -0.2) is 30.3 Å². The van der Waals surface area contributed by atoms with Crippen molar-refractivity contribution in [2.75, 3.05) is 13.7 Å². The van der Waals surface area contributed by atoms with Gasteiger partial charge in [-0.15, -0.1) is 0 Å². The lowest BCUT2D eigenvalue weighted by Gasteiger charge is -2.19. The monoisotopic (exact) mass is 294 g/mol. The molecule has 0 aliphatic heterocycles. The van der Waals surface area contributed by atoms with E-state index in [1.165, 1.54) is 13.2 Å². The summed E-state index contributed by atoms with van der Waals surface area (Å²) in [5.41, 5.74) is -0.161. The fourth-order valence-corrected chi connectivity index (χ4v) is 1.38. The Bertz CT molecular complexity index is 556. The van der Waals surface area contributed by atoms with Crippen LogP contribution in [0.25, 0.3) is 0 Å². The summed E-state index contributed by atoms with van der Waals surface area (Å²) in [4.78, 5) is 15.2. The molecule has 0 bridgehead atoms. The zero-order chi connectivity index (χ0) is 15.9.